The predicted octanol–water partition coefficient (Wildman–Crippen LogP) is 2.06. The fourth-order valence-electron chi connectivity index (χ4n) is 1.00. The van der Waals surface area contributed by atoms with Gasteiger partial charge in [-0.15, -0.1) is 0 Å². The Kier molecular flexibility index (Phi) is 4.02. The van der Waals surface area contributed by atoms with Crippen LogP contribution in [0, 0.1) is 10.7 Å². The molecule has 1 rings (SSSR count). The lowest BCUT2D eigenvalue weighted by molar-refractivity contribution is 0.0989. The molecule has 0 spiro atoms. The molecular formula is C10H10N2OS. The van der Waals surface area contributed by atoms with Crippen LogP contribution < -0.4 is 5.73 Å². The Bertz CT molecular complexity index is 353. The van der Waals surface area contributed by atoms with Crippen molar-refractivity contribution in [2.45, 2.75) is 6.42 Å². The summed E-state index contributed by atoms with van der Waals surface area (Å²) in [4.78, 5) is 11.5. The number of nitriles is 1. The van der Waals surface area contributed by atoms with Crippen molar-refractivity contribution >= 4 is 23.2 Å². The summed E-state index contributed by atoms with van der Waals surface area (Å²) in [6.07, 6.45) is 0.391. The van der Waals surface area contributed by atoms with Crippen LogP contribution >= 0.6 is 11.8 Å². The van der Waals surface area contributed by atoms with E-state index in [9.17, 15) is 4.79 Å². The second-order valence-electron chi connectivity index (χ2n) is 2.73. The summed E-state index contributed by atoms with van der Waals surface area (Å²) in [6.45, 7) is 0. The normalized spacial score (nSPS) is 9.36. The highest BCUT2D eigenvalue weighted by atomic mass is 32.2. The number of thioether (sulfide) groups is 1. The van der Waals surface area contributed by atoms with E-state index in [1.54, 1.807) is 24.3 Å². The minimum Gasteiger partial charge on any atom is -0.399 e. The molecule has 0 saturated heterocycles. The number of nitrogen functional groups attached to an aromatic ring is 1. The van der Waals surface area contributed by atoms with Gasteiger partial charge in [-0.2, -0.15) is 5.26 Å². The Balaban J connectivity index is 2.53. The maximum atomic E-state index is 11.5. The van der Waals surface area contributed by atoms with E-state index in [4.69, 9.17) is 11.0 Å². The number of carbonyl (C=O) groups excluding carboxylic acids is 1. The molecule has 3 nitrogen and oxygen atoms in total. The van der Waals surface area contributed by atoms with Crippen molar-refractivity contribution in [2.24, 2.45) is 0 Å². The summed E-state index contributed by atoms with van der Waals surface area (Å²) < 4.78 is 0. The third-order valence-corrected chi connectivity index (χ3v) is 2.27. The zero-order chi connectivity index (χ0) is 10.4. The molecule has 0 unspecified atom stereocenters. The maximum absolute atomic E-state index is 11.5. The number of carbonyl (C=O) groups is 1. The average molecular weight is 206 g/mol. The van der Waals surface area contributed by atoms with Gasteiger partial charge >= 0.3 is 0 Å². The Morgan fingerprint density at radius 1 is 1.43 bits per heavy atom. The smallest absolute Gasteiger partial charge is 0.163 e. The van der Waals surface area contributed by atoms with Crippen LogP contribution in [0.25, 0.3) is 0 Å². The molecule has 0 saturated carbocycles. The van der Waals surface area contributed by atoms with Gasteiger partial charge in [-0.25, -0.2) is 0 Å². The Morgan fingerprint density at radius 3 is 2.64 bits per heavy atom. The molecular weight excluding hydrogens is 196 g/mol. The van der Waals surface area contributed by atoms with Crippen molar-refractivity contribution in [3.63, 3.8) is 0 Å². The summed E-state index contributed by atoms with van der Waals surface area (Å²) in [5.74, 6) is 0.590. The number of ketones is 1. The first-order chi connectivity index (χ1) is 6.74. The Labute approximate surface area is 86.9 Å². The number of nitrogens with zero attached hydrogens (tertiary/aromatic N) is 1. The maximum Gasteiger partial charge on any atom is 0.163 e. The molecule has 1 aromatic carbocycles. The standard InChI is InChI=1S/C10H10N2OS/c11-7-14-6-5-10(13)8-1-3-9(12)4-2-8/h1-4H,5-6,12H2. The van der Waals surface area contributed by atoms with Gasteiger partial charge in [0.05, 0.1) is 0 Å². The Morgan fingerprint density at radius 2 is 2.07 bits per heavy atom. The molecule has 0 aliphatic rings. The van der Waals surface area contributed by atoms with Gasteiger partial charge in [0.1, 0.15) is 5.40 Å². The van der Waals surface area contributed by atoms with Gasteiger partial charge in [0.25, 0.3) is 0 Å². The average Bonchev–Trinajstić information content (AvgIpc) is 2.19. The fraction of sp³-hybridized carbons (Fsp3) is 0.200. The van der Waals surface area contributed by atoms with Gasteiger partial charge in [0.15, 0.2) is 5.78 Å². The van der Waals surface area contributed by atoms with E-state index >= 15 is 0 Å². The predicted molar refractivity (Wildman–Crippen MR) is 57.9 cm³/mol. The molecule has 0 aromatic heterocycles. The number of anilines is 1. The van der Waals surface area contributed by atoms with E-state index in [0.717, 1.165) is 11.8 Å². The van der Waals surface area contributed by atoms with E-state index in [2.05, 4.69) is 0 Å². The number of hydrogen-bond donors (Lipinski definition) is 1. The van der Waals surface area contributed by atoms with Crippen molar-refractivity contribution in [1.29, 1.82) is 5.26 Å². The molecule has 0 bridgehead atoms. The molecule has 0 fully saturated rings. The summed E-state index contributed by atoms with van der Waals surface area (Å²) in [5, 5.41) is 10.2. The van der Waals surface area contributed by atoms with Gasteiger partial charge in [-0.05, 0) is 36.0 Å². The van der Waals surface area contributed by atoms with Crippen LogP contribution in [0.4, 0.5) is 5.69 Å². The largest absolute Gasteiger partial charge is 0.399 e. The topological polar surface area (TPSA) is 66.9 Å². The second-order valence-corrected chi connectivity index (χ2v) is 3.61. The van der Waals surface area contributed by atoms with Crippen LogP contribution in [-0.4, -0.2) is 11.5 Å². The quantitative estimate of drug-likeness (QED) is 0.354. The molecule has 0 radical (unpaired) electrons. The van der Waals surface area contributed by atoms with Crippen molar-refractivity contribution in [3.05, 3.63) is 29.8 Å². The molecule has 14 heavy (non-hydrogen) atoms. The van der Waals surface area contributed by atoms with E-state index in [1.807, 2.05) is 5.40 Å². The lowest BCUT2D eigenvalue weighted by Crippen LogP contribution is -2.00. The molecule has 0 atom stereocenters. The Hall–Kier alpha value is -1.47. The monoisotopic (exact) mass is 206 g/mol. The molecule has 0 heterocycles. The van der Waals surface area contributed by atoms with E-state index in [1.165, 1.54) is 0 Å². The summed E-state index contributed by atoms with van der Waals surface area (Å²) in [6, 6.07) is 6.80. The first-order valence-electron chi connectivity index (χ1n) is 4.13. The van der Waals surface area contributed by atoms with Crippen molar-refractivity contribution in [3.8, 4) is 5.40 Å². The number of thiocyanates is 1. The van der Waals surface area contributed by atoms with Crippen LogP contribution in [0.3, 0.4) is 0 Å². The minimum atomic E-state index is 0.0488. The molecule has 72 valence electrons. The SMILES string of the molecule is N#CSCCC(=O)c1ccc(N)cc1. The molecule has 4 heteroatoms. The zero-order valence-electron chi connectivity index (χ0n) is 7.56. The molecule has 2 N–H and O–H groups in total. The first-order valence-corrected chi connectivity index (χ1v) is 5.12. The van der Waals surface area contributed by atoms with Crippen LogP contribution in [0.2, 0.25) is 0 Å². The highest BCUT2D eigenvalue weighted by Gasteiger charge is 2.04. The molecule has 0 amide bonds. The van der Waals surface area contributed by atoms with Gasteiger partial charge in [0, 0.05) is 23.4 Å². The zero-order valence-corrected chi connectivity index (χ0v) is 8.38. The fourth-order valence-corrected chi connectivity index (χ4v) is 1.38. The number of nitrogens with two attached hydrogens (primary N) is 1. The van der Waals surface area contributed by atoms with Gasteiger partial charge in [0.2, 0.25) is 0 Å². The van der Waals surface area contributed by atoms with Crippen molar-refractivity contribution < 1.29 is 4.79 Å². The van der Waals surface area contributed by atoms with Gasteiger partial charge in [-0.3, -0.25) is 4.79 Å². The second kappa shape index (κ2) is 5.30. The number of Topliss-reactive ketones (excluding diaryl/α,β-unsaturated/α-hetero) is 1. The van der Waals surface area contributed by atoms with Gasteiger partial charge in [-0.1, -0.05) is 0 Å². The summed E-state index contributed by atoms with van der Waals surface area (Å²) in [5.41, 5.74) is 6.79. The van der Waals surface area contributed by atoms with E-state index in [0.29, 0.717) is 23.4 Å². The van der Waals surface area contributed by atoms with E-state index in [-0.39, 0.29) is 5.78 Å². The molecule has 0 aliphatic carbocycles. The van der Waals surface area contributed by atoms with Crippen molar-refractivity contribution in [2.75, 3.05) is 11.5 Å². The minimum absolute atomic E-state index is 0.0488. The third kappa shape index (κ3) is 3.11. The lowest BCUT2D eigenvalue weighted by atomic mass is 10.1. The van der Waals surface area contributed by atoms with Crippen LogP contribution in [0.1, 0.15) is 16.8 Å². The summed E-state index contributed by atoms with van der Waals surface area (Å²) in [7, 11) is 0. The number of hydrogen-bond acceptors (Lipinski definition) is 4. The van der Waals surface area contributed by atoms with Crippen LogP contribution in [-0.2, 0) is 0 Å². The lowest BCUT2D eigenvalue weighted by Gasteiger charge is -1.99. The summed E-state index contributed by atoms with van der Waals surface area (Å²) >= 11 is 1.09. The van der Waals surface area contributed by atoms with Crippen LogP contribution in [0.15, 0.2) is 24.3 Å². The highest BCUT2D eigenvalue weighted by Crippen LogP contribution is 2.09. The highest BCUT2D eigenvalue weighted by molar-refractivity contribution is 8.03. The number of benzene rings is 1. The first kappa shape index (κ1) is 10.6. The third-order valence-electron chi connectivity index (χ3n) is 1.73. The molecule has 0 aliphatic heterocycles. The van der Waals surface area contributed by atoms with Crippen LogP contribution in [0.5, 0.6) is 0 Å². The molecule has 1 aromatic rings. The number of rotatable bonds is 4. The van der Waals surface area contributed by atoms with Crippen molar-refractivity contribution in [1.82, 2.24) is 0 Å². The van der Waals surface area contributed by atoms with Gasteiger partial charge < -0.3 is 5.73 Å². The van der Waals surface area contributed by atoms with E-state index < -0.39 is 0 Å².